The summed E-state index contributed by atoms with van der Waals surface area (Å²) in [7, 11) is 1.81. The summed E-state index contributed by atoms with van der Waals surface area (Å²) in [6, 6.07) is 2.93. The lowest BCUT2D eigenvalue weighted by Crippen LogP contribution is -2.05. The van der Waals surface area contributed by atoms with Gasteiger partial charge in [-0.1, -0.05) is 0 Å². The van der Waals surface area contributed by atoms with Gasteiger partial charge in [-0.2, -0.15) is 0 Å². The summed E-state index contributed by atoms with van der Waals surface area (Å²) < 4.78 is 9.03. The first-order chi connectivity index (χ1) is 6.27. The van der Waals surface area contributed by atoms with Gasteiger partial charge in [0.25, 0.3) is 0 Å². The second kappa shape index (κ2) is 4.47. The van der Waals surface area contributed by atoms with Crippen LogP contribution in [0.25, 0.3) is 0 Å². The molecule has 5 nitrogen and oxygen atoms in total. The highest BCUT2D eigenvalue weighted by Crippen LogP contribution is 2.08. The molecule has 6 heteroatoms. The van der Waals surface area contributed by atoms with Crippen molar-refractivity contribution >= 4 is 13.7 Å². The zero-order chi connectivity index (χ0) is 9.68. The summed E-state index contributed by atoms with van der Waals surface area (Å²) in [4.78, 5) is 14.6. The molecule has 13 heavy (non-hydrogen) atoms. The van der Waals surface area contributed by atoms with E-state index in [2.05, 4.69) is 14.4 Å². The summed E-state index contributed by atoms with van der Waals surface area (Å²) in [5.74, 6) is -0.172. The van der Waals surface area contributed by atoms with Crippen LogP contribution >= 0.6 is 0 Å². The van der Waals surface area contributed by atoms with Crippen LogP contribution in [0.4, 0.5) is 0 Å². The minimum atomic E-state index is -0.514. The predicted molar refractivity (Wildman–Crippen MR) is 44.2 cm³/mol. The predicted octanol–water partition coefficient (Wildman–Crippen LogP) is -0.227. The van der Waals surface area contributed by atoms with E-state index < -0.39 is 5.97 Å². The second-order valence-corrected chi connectivity index (χ2v) is 2.09. The molecule has 1 rings (SSSR count). The molecule has 0 unspecified atom stereocenters. The van der Waals surface area contributed by atoms with E-state index in [1.807, 2.05) is 0 Å². The summed E-state index contributed by atoms with van der Waals surface area (Å²) in [6.07, 6.45) is 1.30. The molecule has 67 valence electrons. The Bertz CT molecular complexity index is 287. The van der Waals surface area contributed by atoms with Crippen LogP contribution in [0.15, 0.2) is 18.3 Å². The van der Waals surface area contributed by atoms with E-state index in [0.717, 1.165) is 0 Å². The van der Waals surface area contributed by atoms with Crippen LogP contribution in [-0.4, -0.2) is 30.8 Å². The fourth-order valence-electron chi connectivity index (χ4n) is 0.736. The van der Waals surface area contributed by atoms with Gasteiger partial charge in [0.15, 0.2) is 0 Å². The Kier molecular flexibility index (Phi) is 3.27. The molecule has 1 heterocycles. The molecule has 1 radical (unpaired) electrons. The van der Waals surface area contributed by atoms with E-state index in [1.54, 1.807) is 0 Å². The number of ether oxygens (including phenoxy) is 1. The van der Waals surface area contributed by atoms with Gasteiger partial charge in [-0.25, -0.2) is 9.78 Å². The van der Waals surface area contributed by atoms with Crippen LogP contribution in [0.3, 0.4) is 0 Å². The van der Waals surface area contributed by atoms with Gasteiger partial charge < -0.3 is 14.4 Å². The van der Waals surface area contributed by atoms with E-state index in [0.29, 0.717) is 13.4 Å². The molecule has 1 N–H and O–H groups in total. The average molecular weight is 180 g/mol. The number of nitrogens with zero attached hydrogens (tertiary/aromatic N) is 1. The van der Waals surface area contributed by atoms with Crippen molar-refractivity contribution in [2.24, 2.45) is 0 Å². The highest BCUT2D eigenvalue weighted by atomic mass is 16.5. The van der Waals surface area contributed by atoms with Gasteiger partial charge in [-0.3, -0.25) is 0 Å². The molecule has 0 saturated heterocycles. The summed E-state index contributed by atoms with van der Waals surface area (Å²) in [6.45, 7) is 0. The Morgan fingerprint density at radius 1 is 1.62 bits per heavy atom. The number of methoxy groups -OCH3 is 1. The molecule has 0 atom stereocenters. The number of hydrogen-bond donors (Lipinski definition) is 1. The highest BCUT2D eigenvalue weighted by Gasteiger charge is 2.06. The summed E-state index contributed by atoms with van der Waals surface area (Å²) >= 11 is 0. The normalized spacial score (nSPS) is 9.08. The number of pyridine rings is 1. The number of hydrogen-bond acceptors (Lipinski definition) is 5. The van der Waals surface area contributed by atoms with Crippen LogP contribution in [0.5, 0.6) is 5.75 Å². The minimum Gasteiger partial charge on any atom is -0.536 e. The monoisotopic (exact) mass is 180 g/mol. The number of carbonyl (C=O) groups is 1. The fourth-order valence-corrected chi connectivity index (χ4v) is 0.736. The maximum absolute atomic E-state index is 10.9. The maximum Gasteiger partial charge on any atom is 0.569 e. The van der Waals surface area contributed by atoms with Crippen LogP contribution in [0.1, 0.15) is 10.5 Å². The SMILES string of the molecule is COC(=O)c1ccc(O[B]O)cn1. The zero-order valence-electron chi connectivity index (χ0n) is 6.93. The third kappa shape index (κ3) is 2.45. The Morgan fingerprint density at radius 3 is 2.85 bits per heavy atom. The van der Waals surface area contributed by atoms with Gasteiger partial charge in [0.2, 0.25) is 0 Å². The van der Waals surface area contributed by atoms with Crippen molar-refractivity contribution in [3.05, 3.63) is 24.0 Å². The third-order valence-corrected chi connectivity index (χ3v) is 1.32. The largest absolute Gasteiger partial charge is 0.569 e. The van der Waals surface area contributed by atoms with E-state index in [9.17, 15) is 4.79 Å². The molecule has 1 aromatic heterocycles. The maximum atomic E-state index is 10.9. The second-order valence-electron chi connectivity index (χ2n) is 2.09. The molecule has 0 aliphatic rings. The number of aromatic nitrogens is 1. The molecular formula is C7H7BNO4. The van der Waals surface area contributed by atoms with E-state index in [1.165, 1.54) is 25.4 Å². The molecule has 0 saturated carbocycles. The highest BCUT2D eigenvalue weighted by molar-refractivity contribution is 6.17. The van der Waals surface area contributed by atoms with Gasteiger partial charge in [0.1, 0.15) is 11.4 Å². The van der Waals surface area contributed by atoms with Crippen molar-refractivity contribution in [2.75, 3.05) is 7.11 Å². The van der Waals surface area contributed by atoms with E-state index in [-0.39, 0.29) is 5.69 Å². The smallest absolute Gasteiger partial charge is 0.536 e. The molecule has 0 fully saturated rings. The van der Waals surface area contributed by atoms with Crippen molar-refractivity contribution in [3.8, 4) is 5.75 Å². The Labute approximate surface area is 75.6 Å². The average Bonchev–Trinajstić information content (AvgIpc) is 2.18. The van der Waals surface area contributed by atoms with E-state index in [4.69, 9.17) is 5.02 Å². The van der Waals surface area contributed by atoms with Crippen molar-refractivity contribution in [3.63, 3.8) is 0 Å². The fraction of sp³-hybridized carbons (Fsp3) is 0.143. The van der Waals surface area contributed by atoms with Gasteiger partial charge >= 0.3 is 13.7 Å². The molecule has 0 amide bonds. The lowest BCUT2D eigenvalue weighted by molar-refractivity contribution is 0.0594. The van der Waals surface area contributed by atoms with Crippen LogP contribution in [0, 0.1) is 0 Å². The molecule has 0 bridgehead atoms. The number of esters is 1. The Morgan fingerprint density at radius 2 is 2.38 bits per heavy atom. The van der Waals surface area contributed by atoms with Crippen LogP contribution in [0.2, 0.25) is 0 Å². The number of rotatable bonds is 3. The quantitative estimate of drug-likeness (QED) is 0.514. The van der Waals surface area contributed by atoms with Crippen molar-refractivity contribution in [1.82, 2.24) is 4.98 Å². The van der Waals surface area contributed by atoms with Crippen molar-refractivity contribution in [1.29, 1.82) is 0 Å². The zero-order valence-corrected chi connectivity index (χ0v) is 6.93. The molecule has 1 aromatic rings. The van der Waals surface area contributed by atoms with E-state index >= 15 is 0 Å². The molecule has 0 spiro atoms. The van der Waals surface area contributed by atoms with Gasteiger partial charge in [-0.15, -0.1) is 0 Å². The van der Waals surface area contributed by atoms with Crippen LogP contribution in [-0.2, 0) is 4.74 Å². The Balaban J connectivity index is 2.75. The third-order valence-electron chi connectivity index (χ3n) is 1.32. The Hall–Kier alpha value is -1.56. The van der Waals surface area contributed by atoms with Gasteiger partial charge in [-0.05, 0) is 12.1 Å². The number of carbonyl (C=O) groups excluding carboxylic acids is 1. The first kappa shape index (κ1) is 9.53. The molecule has 0 aromatic carbocycles. The van der Waals surface area contributed by atoms with Crippen molar-refractivity contribution < 1.29 is 19.2 Å². The van der Waals surface area contributed by atoms with Gasteiger partial charge in [0.05, 0.1) is 13.3 Å². The summed E-state index contributed by atoms with van der Waals surface area (Å²) in [5, 5.41) is 8.28. The minimum absolute atomic E-state index is 0.188. The summed E-state index contributed by atoms with van der Waals surface area (Å²) in [5.41, 5.74) is 0.188. The molecule has 0 aliphatic heterocycles. The van der Waals surface area contributed by atoms with Crippen LogP contribution < -0.4 is 4.65 Å². The molecular weight excluding hydrogens is 173 g/mol. The van der Waals surface area contributed by atoms with Gasteiger partial charge in [0, 0.05) is 0 Å². The lowest BCUT2D eigenvalue weighted by Gasteiger charge is -2.01. The lowest BCUT2D eigenvalue weighted by atomic mass is 10.3. The first-order valence-electron chi connectivity index (χ1n) is 3.45. The van der Waals surface area contributed by atoms with Crippen molar-refractivity contribution in [2.45, 2.75) is 0 Å². The first-order valence-corrected chi connectivity index (χ1v) is 3.45. The molecule has 0 aliphatic carbocycles. The standard InChI is InChI=1S/C7H7BNO4/c1-12-7(10)6-3-2-5(4-9-6)13-8-11/h2-4,11H,1H3. The topological polar surface area (TPSA) is 68.7 Å².